The van der Waals surface area contributed by atoms with E-state index in [0.717, 1.165) is 43.3 Å². The molecular formula is C15H26N4OS. The van der Waals surface area contributed by atoms with Crippen LogP contribution in [0.5, 0.6) is 0 Å². The summed E-state index contributed by atoms with van der Waals surface area (Å²) in [6, 6.07) is 0. The second-order valence-corrected chi connectivity index (χ2v) is 6.78. The van der Waals surface area contributed by atoms with Crippen molar-refractivity contribution < 1.29 is 4.79 Å². The average Bonchev–Trinajstić information content (AvgIpc) is 2.85. The minimum Gasteiger partial charge on any atom is -0.350 e. The van der Waals surface area contributed by atoms with Gasteiger partial charge in [0.15, 0.2) is 5.16 Å². The molecule has 21 heavy (non-hydrogen) atoms. The molecule has 1 atom stereocenters. The fraction of sp³-hybridized carbons (Fsp3) is 0.733. The maximum Gasteiger partial charge on any atom is 0.227 e. The Balaban J connectivity index is 1.96. The Hall–Kier alpha value is -1.01. The number of rotatable bonds is 5. The van der Waals surface area contributed by atoms with Crippen molar-refractivity contribution in [3.05, 3.63) is 11.9 Å². The molecule has 1 saturated heterocycles. The standard InChI is InChI=1S/C15H26N4OS/c1-5-19-8-6-7-15(2,11-19)13(20)16-9-12-10-17-14(21-4)18(12)3/h10H,5-9,11H2,1-4H3,(H,16,20)/t15-/m0/s1. The first kappa shape index (κ1) is 16.4. The van der Waals surface area contributed by atoms with E-state index >= 15 is 0 Å². The van der Waals surface area contributed by atoms with Crippen molar-refractivity contribution in [2.75, 3.05) is 25.9 Å². The monoisotopic (exact) mass is 310 g/mol. The van der Waals surface area contributed by atoms with Crippen LogP contribution in [-0.4, -0.2) is 46.2 Å². The Labute approximate surface area is 131 Å². The van der Waals surface area contributed by atoms with E-state index in [9.17, 15) is 4.79 Å². The molecule has 1 amide bonds. The summed E-state index contributed by atoms with van der Waals surface area (Å²) in [6.07, 6.45) is 5.91. The van der Waals surface area contributed by atoms with Crippen molar-refractivity contribution in [3.63, 3.8) is 0 Å². The minimum absolute atomic E-state index is 0.160. The fourth-order valence-corrected chi connectivity index (χ4v) is 3.51. The number of hydrogen-bond donors (Lipinski definition) is 1. The van der Waals surface area contributed by atoms with Crippen LogP contribution < -0.4 is 5.32 Å². The van der Waals surface area contributed by atoms with Crippen LogP contribution in [-0.2, 0) is 18.4 Å². The number of thioether (sulfide) groups is 1. The smallest absolute Gasteiger partial charge is 0.227 e. The van der Waals surface area contributed by atoms with Crippen LogP contribution in [0.3, 0.4) is 0 Å². The Morgan fingerprint density at radius 2 is 2.33 bits per heavy atom. The molecule has 0 radical (unpaired) electrons. The number of carbonyl (C=O) groups is 1. The van der Waals surface area contributed by atoms with Gasteiger partial charge >= 0.3 is 0 Å². The fourth-order valence-electron chi connectivity index (χ4n) is 2.96. The lowest BCUT2D eigenvalue weighted by Crippen LogP contribution is -2.50. The predicted octanol–water partition coefficient (Wildman–Crippen LogP) is 1.88. The largest absolute Gasteiger partial charge is 0.350 e. The van der Waals surface area contributed by atoms with E-state index in [1.165, 1.54) is 0 Å². The van der Waals surface area contributed by atoms with Crippen LogP contribution in [0.1, 0.15) is 32.4 Å². The number of carbonyl (C=O) groups excluding carboxylic acids is 1. The molecular weight excluding hydrogens is 284 g/mol. The third-order valence-electron chi connectivity index (χ3n) is 4.43. The van der Waals surface area contributed by atoms with Crippen LogP contribution >= 0.6 is 11.8 Å². The summed E-state index contributed by atoms with van der Waals surface area (Å²) in [7, 11) is 1.99. The van der Waals surface area contributed by atoms with Crippen LogP contribution in [0, 0.1) is 5.41 Å². The quantitative estimate of drug-likeness (QED) is 0.844. The van der Waals surface area contributed by atoms with Crippen molar-refractivity contribution in [1.82, 2.24) is 19.8 Å². The van der Waals surface area contributed by atoms with Gasteiger partial charge in [-0.2, -0.15) is 0 Å². The first-order valence-electron chi connectivity index (χ1n) is 7.55. The number of piperidine rings is 1. The van der Waals surface area contributed by atoms with E-state index in [1.807, 2.05) is 24.1 Å². The second-order valence-electron chi connectivity index (χ2n) is 6.01. The molecule has 2 heterocycles. The van der Waals surface area contributed by atoms with Gasteiger partial charge in [-0.05, 0) is 39.1 Å². The van der Waals surface area contributed by atoms with Gasteiger partial charge in [-0.25, -0.2) is 4.98 Å². The third-order valence-corrected chi connectivity index (χ3v) is 5.17. The van der Waals surface area contributed by atoms with Gasteiger partial charge in [0, 0.05) is 13.6 Å². The van der Waals surface area contributed by atoms with Gasteiger partial charge in [0.05, 0.1) is 23.9 Å². The van der Waals surface area contributed by atoms with E-state index in [-0.39, 0.29) is 11.3 Å². The molecule has 1 aromatic heterocycles. The van der Waals surface area contributed by atoms with Crippen LogP contribution in [0.2, 0.25) is 0 Å². The van der Waals surface area contributed by atoms with Crippen LogP contribution in [0.4, 0.5) is 0 Å². The zero-order chi connectivity index (χ0) is 15.5. The predicted molar refractivity (Wildman–Crippen MR) is 86.3 cm³/mol. The highest BCUT2D eigenvalue weighted by molar-refractivity contribution is 7.98. The Morgan fingerprint density at radius 3 is 2.95 bits per heavy atom. The molecule has 0 spiro atoms. The Morgan fingerprint density at radius 1 is 1.57 bits per heavy atom. The Kier molecular flexibility index (Phi) is 5.32. The molecule has 0 bridgehead atoms. The normalized spacial score (nSPS) is 23.2. The van der Waals surface area contributed by atoms with E-state index in [1.54, 1.807) is 11.8 Å². The molecule has 1 aromatic rings. The zero-order valence-corrected chi connectivity index (χ0v) is 14.3. The summed E-state index contributed by atoms with van der Waals surface area (Å²) in [5, 5.41) is 4.07. The topological polar surface area (TPSA) is 50.2 Å². The molecule has 6 heteroatoms. The van der Waals surface area contributed by atoms with Crippen LogP contribution in [0.25, 0.3) is 0 Å². The lowest BCUT2D eigenvalue weighted by Gasteiger charge is -2.38. The van der Waals surface area contributed by atoms with E-state index in [0.29, 0.717) is 6.54 Å². The number of nitrogens with one attached hydrogen (secondary N) is 1. The van der Waals surface area contributed by atoms with Crippen LogP contribution in [0.15, 0.2) is 11.4 Å². The first-order valence-corrected chi connectivity index (χ1v) is 8.78. The summed E-state index contributed by atoms with van der Waals surface area (Å²) >= 11 is 1.61. The van der Waals surface area contributed by atoms with Crippen molar-refractivity contribution in [3.8, 4) is 0 Å². The van der Waals surface area contributed by atoms with Gasteiger partial charge in [0.25, 0.3) is 0 Å². The van der Waals surface area contributed by atoms with Crippen molar-refractivity contribution in [2.45, 2.75) is 38.4 Å². The van der Waals surface area contributed by atoms with Crippen molar-refractivity contribution >= 4 is 17.7 Å². The minimum atomic E-state index is -0.269. The number of imidazole rings is 1. The van der Waals surface area contributed by atoms with E-state index < -0.39 is 0 Å². The average molecular weight is 310 g/mol. The van der Waals surface area contributed by atoms with Gasteiger partial charge in [-0.15, -0.1) is 0 Å². The summed E-state index contributed by atoms with van der Waals surface area (Å²) in [5.41, 5.74) is 0.773. The summed E-state index contributed by atoms with van der Waals surface area (Å²) in [5.74, 6) is 0.160. The lowest BCUT2D eigenvalue weighted by molar-refractivity contribution is -0.133. The molecule has 0 unspecified atom stereocenters. The van der Waals surface area contributed by atoms with Crippen molar-refractivity contribution in [1.29, 1.82) is 0 Å². The highest BCUT2D eigenvalue weighted by atomic mass is 32.2. The van der Waals surface area contributed by atoms with Gasteiger partial charge in [-0.3, -0.25) is 4.79 Å². The number of aromatic nitrogens is 2. The lowest BCUT2D eigenvalue weighted by atomic mass is 9.81. The van der Waals surface area contributed by atoms with Gasteiger partial charge < -0.3 is 14.8 Å². The molecule has 2 rings (SSSR count). The molecule has 0 aromatic carbocycles. The summed E-state index contributed by atoms with van der Waals surface area (Å²) in [4.78, 5) is 19.3. The van der Waals surface area contributed by atoms with Gasteiger partial charge in [0.2, 0.25) is 5.91 Å². The summed E-state index contributed by atoms with van der Waals surface area (Å²) < 4.78 is 2.03. The summed E-state index contributed by atoms with van der Waals surface area (Å²) in [6.45, 7) is 7.77. The number of likely N-dealkylation sites (tertiary alicyclic amines) is 1. The number of hydrogen-bond acceptors (Lipinski definition) is 4. The number of nitrogens with zero attached hydrogens (tertiary/aromatic N) is 3. The second kappa shape index (κ2) is 6.83. The van der Waals surface area contributed by atoms with Gasteiger partial charge in [-0.1, -0.05) is 18.7 Å². The molecule has 5 nitrogen and oxygen atoms in total. The zero-order valence-electron chi connectivity index (χ0n) is 13.5. The van der Waals surface area contributed by atoms with E-state index in [2.05, 4.69) is 29.0 Å². The third kappa shape index (κ3) is 3.61. The van der Waals surface area contributed by atoms with E-state index in [4.69, 9.17) is 0 Å². The van der Waals surface area contributed by atoms with Gasteiger partial charge in [0.1, 0.15) is 0 Å². The Bertz CT molecular complexity index is 502. The molecule has 1 aliphatic heterocycles. The molecule has 118 valence electrons. The maximum absolute atomic E-state index is 12.6. The maximum atomic E-state index is 12.6. The first-order chi connectivity index (χ1) is 10.00. The number of amides is 1. The molecule has 0 saturated carbocycles. The SMILES string of the molecule is CCN1CCC[C@](C)(C(=O)NCc2cnc(SC)n2C)C1. The molecule has 1 N–H and O–H groups in total. The van der Waals surface area contributed by atoms with Crippen molar-refractivity contribution in [2.24, 2.45) is 12.5 Å². The highest BCUT2D eigenvalue weighted by Crippen LogP contribution is 2.29. The molecule has 0 aliphatic carbocycles. The molecule has 1 aliphatic rings. The highest BCUT2D eigenvalue weighted by Gasteiger charge is 2.37. The molecule has 1 fully saturated rings.